The number of nitriles is 1. The van der Waals surface area contributed by atoms with E-state index in [0.29, 0.717) is 6.04 Å². The maximum atomic E-state index is 9.38. The van der Waals surface area contributed by atoms with Gasteiger partial charge in [-0.05, 0) is 57.7 Å². The molecule has 1 aliphatic rings. The van der Waals surface area contributed by atoms with E-state index in [2.05, 4.69) is 54.4 Å². The Bertz CT molecular complexity index is 503. The monoisotopic (exact) mass is 285 g/mol. The van der Waals surface area contributed by atoms with Crippen molar-refractivity contribution in [3.8, 4) is 6.07 Å². The van der Waals surface area contributed by atoms with Gasteiger partial charge in [0.1, 0.15) is 5.54 Å². The van der Waals surface area contributed by atoms with Gasteiger partial charge in [0.05, 0.1) is 6.07 Å². The number of nitrogens with one attached hydrogen (secondary N) is 1. The van der Waals surface area contributed by atoms with Crippen molar-refractivity contribution in [2.75, 3.05) is 13.1 Å². The minimum atomic E-state index is -0.401. The number of nitrogens with zero attached hydrogens (tertiary/aromatic N) is 2. The van der Waals surface area contributed by atoms with E-state index < -0.39 is 5.54 Å². The molecule has 1 unspecified atom stereocenters. The quantitative estimate of drug-likeness (QED) is 0.873. The molecule has 2 rings (SSSR count). The van der Waals surface area contributed by atoms with Crippen molar-refractivity contribution in [1.29, 1.82) is 5.26 Å². The average molecular weight is 285 g/mol. The summed E-state index contributed by atoms with van der Waals surface area (Å²) in [6, 6.07) is 11.5. The van der Waals surface area contributed by atoms with Gasteiger partial charge in [0.15, 0.2) is 0 Å². The smallest absolute Gasteiger partial charge is 0.104 e. The first-order chi connectivity index (χ1) is 10.0. The molecule has 1 heterocycles. The molecule has 0 radical (unpaired) electrons. The minimum absolute atomic E-state index is 0.344. The summed E-state index contributed by atoms with van der Waals surface area (Å²) in [4.78, 5) is 2.51. The summed E-state index contributed by atoms with van der Waals surface area (Å²) < 4.78 is 0. The van der Waals surface area contributed by atoms with E-state index in [1.165, 1.54) is 11.1 Å². The summed E-state index contributed by atoms with van der Waals surface area (Å²) in [5.41, 5.74) is 2.56. The van der Waals surface area contributed by atoms with Crippen LogP contribution in [0.4, 0.5) is 0 Å². The second-order valence-corrected chi connectivity index (χ2v) is 6.64. The number of rotatable bonds is 6. The lowest BCUT2D eigenvalue weighted by Gasteiger charge is -2.30. The zero-order valence-electron chi connectivity index (χ0n) is 13.5. The van der Waals surface area contributed by atoms with Gasteiger partial charge in [0.2, 0.25) is 0 Å². The zero-order chi connectivity index (χ0) is 15.3. The van der Waals surface area contributed by atoms with Gasteiger partial charge in [0, 0.05) is 19.1 Å². The van der Waals surface area contributed by atoms with Crippen LogP contribution in [0.2, 0.25) is 0 Å². The first-order valence-electron chi connectivity index (χ1n) is 8.00. The summed E-state index contributed by atoms with van der Waals surface area (Å²) in [6.07, 6.45) is 3.11. The third-order valence-corrected chi connectivity index (χ3v) is 4.21. The van der Waals surface area contributed by atoms with Crippen molar-refractivity contribution in [2.24, 2.45) is 0 Å². The van der Waals surface area contributed by atoms with Gasteiger partial charge in [-0.2, -0.15) is 5.26 Å². The SMILES string of the molecule is CC(C)NC(C)(C#N)CCCN1CCc2ccccc2C1. The first kappa shape index (κ1) is 16.0. The molecule has 0 aliphatic carbocycles. The Hall–Kier alpha value is -1.37. The molecule has 114 valence electrons. The molecule has 0 fully saturated rings. The predicted octanol–water partition coefficient (Wildman–Crippen LogP) is 3.11. The van der Waals surface area contributed by atoms with E-state index in [1.807, 2.05) is 6.92 Å². The first-order valence-corrected chi connectivity index (χ1v) is 8.00. The Morgan fingerprint density at radius 1 is 1.33 bits per heavy atom. The lowest BCUT2D eigenvalue weighted by atomic mass is 9.95. The van der Waals surface area contributed by atoms with Crippen molar-refractivity contribution in [2.45, 2.75) is 58.2 Å². The Morgan fingerprint density at radius 3 is 2.71 bits per heavy atom. The summed E-state index contributed by atoms with van der Waals surface area (Å²) >= 11 is 0. The van der Waals surface area contributed by atoms with Crippen LogP contribution in [0.15, 0.2) is 24.3 Å². The van der Waals surface area contributed by atoms with E-state index in [-0.39, 0.29) is 0 Å². The zero-order valence-corrected chi connectivity index (χ0v) is 13.5. The molecule has 3 nitrogen and oxygen atoms in total. The Morgan fingerprint density at radius 2 is 2.05 bits per heavy atom. The molecule has 0 amide bonds. The van der Waals surface area contributed by atoms with E-state index >= 15 is 0 Å². The van der Waals surface area contributed by atoms with Crippen molar-refractivity contribution < 1.29 is 0 Å². The van der Waals surface area contributed by atoms with Crippen LogP contribution in [0.5, 0.6) is 0 Å². The molecule has 0 aromatic heterocycles. The standard InChI is InChI=1S/C18H27N3/c1-15(2)20-18(3,14-19)10-6-11-21-12-9-16-7-4-5-8-17(16)13-21/h4-5,7-8,15,20H,6,9-13H2,1-3H3. The molecule has 0 spiro atoms. The van der Waals surface area contributed by atoms with Crippen LogP contribution in [0.25, 0.3) is 0 Å². The molecule has 3 heteroatoms. The molecular weight excluding hydrogens is 258 g/mol. The topological polar surface area (TPSA) is 39.1 Å². The summed E-state index contributed by atoms with van der Waals surface area (Å²) in [7, 11) is 0. The van der Waals surface area contributed by atoms with Crippen LogP contribution in [-0.4, -0.2) is 29.6 Å². The lowest BCUT2D eigenvalue weighted by Crippen LogP contribution is -2.45. The van der Waals surface area contributed by atoms with Gasteiger partial charge in [-0.15, -0.1) is 0 Å². The van der Waals surface area contributed by atoms with Crippen molar-refractivity contribution in [3.05, 3.63) is 35.4 Å². The molecule has 1 aliphatic heterocycles. The molecule has 21 heavy (non-hydrogen) atoms. The van der Waals surface area contributed by atoms with E-state index in [4.69, 9.17) is 0 Å². The highest BCUT2D eigenvalue weighted by molar-refractivity contribution is 5.29. The van der Waals surface area contributed by atoms with Crippen LogP contribution in [0, 0.1) is 11.3 Å². The predicted molar refractivity (Wildman–Crippen MR) is 86.9 cm³/mol. The number of fused-ring (bicyclic) bond motifs is 1. The summed E-state index contributed by atoms with van der Waals surface area (Å²) in [6.45, 7) is 9.47. The fourth-order valence-electron chi connectivity index (χ4n) is 3.20. The highest BCUT2D eigenvalue weighted by Crippen LogP contribution is 2.20. The number of benzene rings is 1. The lowest BCUT2D eigenvalue weighted by molar-refractivity contribution is 0.238. The van der Waals surface area contributed by atoms with Crippen molar-refractivity contribution in [1.82, 2.24) is 10.2 Å². The van der Waals surface area contributed by atoms with Crippen molar-refractivity contribution in [3.63, 3.8) is 0 Å². The summed E-state index contributed by atoms with van der Waals surface area (Å²) in [5.74, 6) is 0. The minimum Gasteiger partial charge on any atom is -0.299 e. The van der Waals surface area contributed by atoms with Crippen LogP contribution in [-0.2, 0) is 13.0 Å². The highest BCUT2D eigenvalue weighted by Gasteiger charge is 2.24. The second kappa shape index (κ2) is 7.06. The molecule has 1 aromatic rings. The Balaban J connectivity index is 1.81. The van der Waals surface area contributed by atoms with Crippen LogP contribution >= 0.6 is 0 Å². The molecular formula is C18H27N3. The normalized spacial score (nSPS) is 18.0. The Labute approximate surface area is 129 Å². The number of hydrogen-bond acceptors (Lipinski definition) is 3. The van der Waals surface area contributed by atoms with E-state index in [1.54, 1.807) is 0 Å². The molecule has 0 saturated carbocycles. The summed E-state index contributed by atoms with van der Waals surface area (Å²) in [5, 5.41) is 12.8. The maximum absolute atomic E-state index is 9.38. The van der Waals surface area contributed by atoms with E-state index in [9.17, 15) is 5.26 Å². The molecule has 1 atom stereocenters. The van der Waals surface area contributed by atoms with Gasteiger partial charge in [0.25, 0.3) is 0 Å². The van der Waals surface area contributed by atoms with Crippen LogP contribution in [0.3, 0.4) is 0 Å². The molecule has 1 N–H and O–H groups in total. The van der Waals surface area contributed by atoms with Gasteiger partial charge in [-0.25, -0.2) is 0 Å². The van der Waals surface area contributed by atoms with Gasteiger partial charge in [-0.3, -0.25) is 10.2 Å². The largest absolute Gasteiger partial charge is 0.299 e. The fourth-order valence-corrected chi connectivity index (χ4v) is 3.20. The average Bonchev–Trinajstić information content (AvgIpc) is 2.46. The van der Waals surface area contributed by atoms with Crippen LogP contribution in [0.1, 0.15) is 44.7 Å². The van der Waals surface area contributed by atoms with Crippen molar-refractivity contribution >= 4 is 0 Å². The fraction of sp³-hybridized carbons (Fsp3) is 0.611. The van der Waals surface area contributed by atoms with Crippen LogP contribution < -0.4 is 5.32 Å². The third-order valence-electron chi connectivity index (χ3n) is 4.21. The molecule has 0 saturated heterocycles. The highest BCUT2D eigenvalue weighted by atomic mass is 15.1. The van der Waals surface area contributed by atoms with E-state index in [0.717, 1.165) is 38.9 Å². The Kier molecular flexibility index (Phi) is 5.39. The number of hydrogen-bond donors (Lipinski definition) is 1. The third kappa shape index (κ3) is 4.56. The maximum Gasteiger partial charge on any atom is 0.104 e. The second-order valence-electron chi connectivity index (χ2n) is 6.64. The van der Waals surface area contributed by atoms with Gasteiger partial charge in [-0.1, -0.05) is 24.3 Å². The molecule has 0 bridgehead atoms. The van der Waals surface area contributed by atoms with Gasteiger partial charge >= 0.3 is 0 Å². The molecule has 1 aromatic carbocycles. The van der Waals surface area contributed by atoms with Gasteiger partial charge < -0.3 is 0 Å².